The number of hydrogen-bond acceptors (Lipinski definition) is 5. The van der Waals surface area contributed by atoms with Crippen LogP contribution in [0.5, 0.6) is 0 Å². The number of nitrogens with one attached hydrogen (secondary N) is 1. The lowest BCUT2D eigenvalue weighted by Crippen LogP contribution is -2.32. The molecule has 0 bridgehead atoms. The lowest BCUT2D eigenvalue weighted by Gasteiger charge is -2.21. The molecule has 0 atom stereocenters. The number of anilines is 1. The van der Waals surface area contributed by atoms with Crippen molar-refractivity contribution in [2.45, 2.75) is 0 Å². The van der Waals surface area contributed by atoms with Gasteiger partial charge in [0.15, 0.2) is 0 Å². The Morgan fingerprint density at radius 3 is 2.76 bits per heavy atom. The summed E-state index contributed by atoms with van der Waals surface area (Å²) in [6.45, 7) is -0.346. The third-order valence-corrected chi connectivity index (χ3v) is 4.16. The van der Waals surface area contributed by atoms with Crippen molar-refractivity contribution in [2.24, 2.45) is 0 Å². The molecule has 0 aliphatic rings. The Balaban J connectivity index is 2.51. The summed E-state index contributed by atoms with van der Waals surface area (Å²) in [5, 5.41) is 15.6. The Morgan fingerprint density at radius 1 is 1.48 bits per heavy atom. The lowest BCUT2D eigenvalue weighted by molar-refractivity contribution is 0.0964. The molecule has 0 saturated carbocycles. The normalized spacial score (nSPS) is 11.6. The van der Waals surface area contributed by atoms with Gasteiger partial charge in [0.2, 0.25) is 10.0 Å². The molecule has 0 saturated heterocycles. The second kappa shape index (κ2) is 5.70. The lowest BCUT2D eigenvalue weighted by atomic mass is 10.2. The van der Waals surface area contributed by atoms with Crippen molar-refractivity contribution in [1.82, 2.24) is 14.9 Å². The van der Waals surface area contributed by atoms with E-state index < -0.39 is 10.0 Å². The molecule has 0 unspecified atom stereocenters. The number of fused-ring (bicyclic) bond motifs is 1. The second-order valence-corrected chi connectivity index (χ2v) is 6.32. The van der Waals surface area contributed by atoms with Gasteiger partial charge in [-0.1, -0.05) is 0 Å². The summed E-state index contributed by atoms with van der Waals surface area (Å²) in [5.74, 6) is -0.270. The topological polar surface area (TPSA) is 104 Å². The van der Waals surface area contributed by atoms with Gasteiger partial charge >= 0.3 is 0 Å². The average molecular weight is 312 g/mol. The van der Waals surface area contributed by atoms with Crippen LogP contribution in [0.3, 0.4) is 0 Å². The smallest absolute Gasteiger partial charge is 0.254 e. The van der Waals surface area contributed by atoms with Crippen LogP contribution in [0.15, 0.2) is 24.5 Å². The number of carbonyl (C=O) groups excluding carboxylic acids is 1. The van der Waals surface area contributed by atoms with Gasteiger partial charge in [0, 0.05) is 7.05 Å². The molecule has 8 nitrogen and oxygen atoms in total. The fourth-order valence-corrected chi connectivity index (χ4v) is 2.91. The van der Waals surface area contributed by atoms with E-state index in [1.807, 2.05) is 0 Å². The van der Waals surface area contributed by atoms with E-state index in [4.69, 9.17) is 5.11 Å². The maximum atomic E-state index is 11.7. The minimum atomic E-state index is -3.51. The van der Waals surface area contributed by atoms with E-state index in [1.54, 1.807) is 12.1 Å². The van der Waals surface area contributed by atoms with E-state index in [9.17, 15) is 13.2 Å². The molecule has 0 fully saturated rings. The molecule has 0 aliphatic carbocycles. The third-order valence-electron chi connectivity index (χ3n) is 2.96. The van der Waals surface area contributed by atoms with Crippen LogP contribution in [0.1, 0.15) is 10.4 Å². The van der Waals surface area contributed by atoms with Crippen LogP contribution in [0, 0.1) is 0 Å². The molecule has 0 radical (unpaired) electrons. The Bertz CT molecular complexity index is 769. The van der Waals surface area contributed by atoms with Gasteiger partial charge in [-0.15, -0.1) is 0 Å². The number of sulfonamides is 1. The van der Waals surface area contributed by atoms with Gasteiger partial charge < -0.3 is 10.4 Å². The molecule has 2 aromatic rings. The van der Waals surface area contributed by atoms with Gasteiger partial charge in [0.05, 0.1) is 48.6 Å². The average Bonchev–Trinajstić information content (AvgIpc) is 2.85. The molecule has 9 heteroatoms. The largest absolute Gasteiger partial charge is 0.394 e. The first kappa shape index (κ1) is 15.3. The molecule has 0 spiro atoms. The summed E-state index contributed by atoms with van der Waals surface area (Å²) in [5.41, 5.74) is 1.33. The molecule has 2 heterocycles. The van der Waals surface area contributed by atoms with E-state index in [2.05, 4.69) is 10.4 Å². The highest BCUT2D eigenvalue weighted by Gasteiger charge is 2.18. The predicted molar refractivity (Wildman–Crippen MR) is 77.9 cm³/mol. The Kier molecular flexibility index (Phi) is 4.14. The standard InChI is InChI=1S/C12H16N4O4S/c1-13-12(18)10-7-14-15-8-9(3-4-11(10)15)16(5-6-17)21(2,19)20/h3-4,7-8,17H,5-6H2,1-2H3,(H,13,18). The predicted octanol–water partition coefficient (Wildman–Crippen LogP) is -0.548. The maximum absolute atomic E-state index is 11.7. The van der Waals surface area contributed by atoms with Crippen molar-refractivity contribution < 1.29 is 18.3 Å². The van der Waals surface area contributed by atoms with Crippen LogP contribution < -0.4 is 9.62 Å². The first-order valence-electron chi connectivity index (χ1n) is 6.16. The number of carbonyl (C=O) groups is 1. The highest BCUT2D eigenvalue weighted by atomic mass is 32.2. The molecular formula is C12H16N4O4S. The third kappa shape index (κ3) is 2.98. The Hall–Kier alpha value is -2.13. The van der Waals surface area contributed by atoms with Crippen LogP contribution in [0.4, 0.5) is 5.69 Å². The number of hydrogen-bond donors (Lipinski definition) is 2. The monoisotopic (exact) mass is 312 g/mol. The Morgan fingerprint density at radius 2 is 2.19 bits per heavy atom. The molecule has 0 aliphatic heterocycles. The van der Waals surface area contributed by atoms with Gasteiger partial charge in [0.25, 0.3) is 5.91 Å². The van der Waals surface area contributed by atoms with Gasteiger partial charge in [-0.25, -0.2) is 12.9 Å². The van der Waals surface area contributed by atoms with E-state index >= 15 is 0 Å². The van der Waals surface area contributed by atoms with Gasteiger partial charge in [-0.05, 0) is 12.1 Å². The second-order valence-electron chi connectivity index (χ2n) is 4.41. The maximum Gasteiger partial charge on any atom is 0.254 e. The van der Waals surface area contributed by atoms with Gasteiger partial charge in [-0.3, -0.25) is 9.10 Å². The number of aliphatic hydroxyl groups excluding tert-OH is 1. The van der Waals surface area contributed by atoms with Gasteiger partial charge in [-0.2, -0.15) is 5.10 Å². The highest BCUT2D eigenvalue weighted by Crippen LogP contribution is 2.20. The summed E-state index contributed by atoms with van der Waals surface area (Å²) < 4.78 is 26.0. The summed E-state index contributed by atoms with van der Waals surface area (Å²) in [7, 11) is -1.99. The molecule has 2 aromatic heterocycles. The van der Waals surface area contributed by atoms with E-state index in [-0.39, 0.29) is 19.1 Å². The minimum Gasteiger partial charge on any atom is -0.394 e. The fourth-order valence-electron chi connectivity index (χ4n) is 2.01. The quantitative estimate of drug-likeness (QED) is 0.771. The van der Waals surface area contributed by atoms with Crippen LogP contribution in [0.2, 0.25) is 0 Å². The minimum absolute atomic E-state index is 0.0477. The number of pyridine rings is 1. The van der Waals surface area contributed by atoms with Gasteiger partial charge in [0.1, 0.15) is 0 Å². The summed E-state index contributed by atoms with van der Waals surface area (Å²) in [4.78, 5) is 11.7. The van der Waals surface area contributed by atoms with Crippen LogP contribution in [-0.2, 0) is 10.0 Å². The highest BCUT2D eigenvalue weighted by molar-refractivity contribution is 7.92. The van der Waals surface area contributed by atoms with Crippen LogP contribution >= 0.6 is 0 Å². The number of aromatic nitrogens is 2. The van der Waals surface area contributed by atoms with Crippen molar-refractivity contribution in [3.63, 3.8) is 0 Å². The number of rotatable bonds is 5. The van der Waals surface area contributed by atoms with Crippen LogP contribution in [0.25, 0.3) is 5.52 Å². The number of amides is 1. The summed E-state index contributed by atoms with van der Waals surface area (Å²) in [6, 6.07) is 3.18. The van der Waals surface area contributed by atoms with Crippen molar-refractivity contribution in [3.8, 4) is 0 Å². The zero-order valence-corrected chi connectivity index (χ0v) is 12.5. The zero-order chi connectivity index (χ0) is 15.6. The molecule has 2 N–H and O–H groups in total. The van der Waals surface area contributed by atoms with E-state index in [0.717, 1.165) is 10.6 Å². The molecular weight excluding hydrogens is 296 g/mol. The molecule has 0 aromatic carbocycles. The molecule has 1 amide bonds. The summed E-state index contributed by atoms with van der Waals surface area (Å²) in [6.07, 6.45) is 3.97. The Labute approximate surface area is 122 Å². The summed E-state index contributed by atoms with van der Waals surface area (Å²) >= 11 is 0. The van der Waals surface area contributed by atoms with Crippen molar-refractivity contribution in [1.29, 1.82) is 0 Å². The number of aliphatic hydroxyl groups is 1. The van der Waals surface area contributed by atoms with Crippen molar-refractivity contribution >= 4 is 27.1 Å². The zero-order valence-electron chi connectivity index (χ0n) is 11.6. The molecule has 114 valence electrons. The van der Waals surface area contributed by atoms with Crippen molar-refractivity contribution in [3.05, 3.63) is 30.1 Å². The number of nitrogens with zero attached hydrogens (tertiary/aromatic N) is 3. The molecule has 21 heavy (non-hydrogen) atoms. The SMILES string of the molecule is CNC(=O)c1cnn2cc(N(CCO)S(C)(=O)=O)ccc12. The van der Waals surface area contributed by atoms with E-state index in [0.29, 0.717) is 16.8 Å². The van der Waals surface area contributed by atoms with E-state index in [1.165, 1.54) is 24.0 Å². The fraction of sp³-hybridized carbons (Fsp3) is 0.333. The van der Waals surface area contributed by atoms with Crippen molar-refractivity contribution in [2.75, 3.05) is 30.8 Å². The van der Waals surface area contributed by atoms with Crippen LogP contribution in [-0.4, -0.2) is 55.5 Å². The molecule has 2 rings (SSSR count). The first-order chi connectivity index (χ1) is 9.88. The first-order valence-corrected chi connectivity index (χ1v) is 8.01.